The Morgan fingerprint density at radius 3 is 2.58 bits per heavy atom. The lowest BCUT2D eigenvalue weighted by atomic mass is 10.2. The van der Waals surface area contributed by atoms with Crippen LogP contribution in [0.1, 0.15) is 19.8 Å². The van der Waals surface area contributed by atoms with Crippen molar-refractivity contribution in [2.75, 3.05) is 27.2 Å². The summed E-state index contributed by atoms with van der Waals surface area (Å²) in [5.41, 5.74) is 5.28. The topological polar surface area (TPSA) is 95.7 Å². The van der Waals surface area contributed by atoms with Crippen LogP contribution in [0.15, 0.2) is 0 Å². The molecule has 1 aliphatic rings. The maximum atomic E-state index is 11.8. The van der Waals surface area contributed by atoms with Gasteiger partial charge in [-0.15, -0.1) is 0 Å². The smallest absolute Gasteiger partial charge is 0.244 e. The van der Waals surface area contributed by atoms with Gasteiger partial charge < -0.3 is 16.0 Å². The van der Waals surface area contributed by atoms with E-state index in [4.69, 9.17) is 5.73 Å². The van der Waals surface area contributed by atoms with Gasteiger partial charge in [-0.1, -0.05) is 0 Å². The van der Waals surface area contributed by atoms with Gasteiger partial charge in [-0.25, -0.2) is 0 Å². The van der Waals surface area contributed by atoms with Crippen LogP contribution in [0.25, 0.3) is 0 Å². The van der Waals surface area contributed by atoms with Crippen LogP contribution in [0.2, 0.25) is 0 Å². The highest BCUT2D eigenvalue weighted by atomic mass is 16.2. The molecule has 1 saturated heterocycles. The molecular formula is C12H22N4O3. The Bertz CT molecular complexity index is 370. The zero-order valence-corrected chi connectivity index (χ0v) is 11.7. The third-order valence-corrected chi connectivity index (χ3v) is 3.23. The lowest BCUT2D eigenvalue weighted by Crippen LogP contribution is -2.50. The molecule has 2 unspecified atom stereocenters. The van der Waals surface area contributed by atoms with Gasteiger partial charge in [-0.2, -0.15) is 0 Å². The van der Waals surface area contributed by atoms with Crippen LogP contribution in [0.3, 0.4) is 0 Å². The van der Waals surface area contributed by atoms with Crippen LogP contribution in [-0.4, -0.2) is 66.8 Å². The molecule has 1 heterocycles. The molecule has 7 heteroatoms. The summed E-state index contributed by atoms with van der Waals surface area (Å²) >= 11 is 0. The van der Waals surface area contributed by atoms with Gasteiger partial charge in [0, 0.05) is 14.1 Å². The molecule has 0 radical (unpaired) electrons. The number of hydrogen-bond acceptors (Lipinski definition) is 4. The summed E-state index contributed by atoms with van der Waals surface area (Å²) in [7, 11) is 3.27. The molecule has 1 rings (SSSR count). The van der Waals surface area contributed by atoms with E-state index >= 15 is 0 Å². The zero-order chi connectivity index (χ0) is 14.6. The first-order valence-corrected chi connectivity index (χ1v) is 6.36. The third-order valence-electron chi connectivity index (χ3n) is 3.23. The second-order valence-electron chi connectivity index (χ2n) is 5.05. The maximum Gasteiger partial charge on any atom is 0.244 e. The normalized spacial score (nSPS) is 20.9. The van der Waals surface area contributed by atoms with Gasteiger partial charge >= 0.3 is 0 Å². The van der Waals surface area contributed by atoms with Gasteiger partial charge in [0.15, 0.2) is 0 Å². The minimum absolute atomic E-state index is 0.0959. The minimum atomic E-state index is -0.572. The van der Waals surface area contributed by atoms with Gasteiger partial charge in [0.1, 0.15) is 6.04 Å². The van der Waals surface area contributed by atoms with E-state index in [1.54, 1.807) is 25.9 Å². The molecule has 1 aliphatic heterocycles. The predicted molar refractivity (Wildman–Crippen MR) is 70.1 cm³/mol. The van der Waals surface area contributed by atoms with Crippen molar-refractivity contribution in [2.24, 2.45) is 5.73 Å². The Balaban J connectivity index is 2.47. The molecule has 3 amide bonds. The largest absolute Gasteiger partial charge is 0.368 e. The monoisotopic (exact) mass is 270 g/mol. The number of nitrogens with two attached hydrogens (primary N) is 1. The highest BCUT2D eigenvalue weighted by Gasteiger charge is 2.30. The first-order valence-electron chi connectivity index (χ1n) is 6.36. The zero-order valence-electron chi connectivity index (χ0n) is 11.7. The molecule has 0 spiro atoms. The molecule has 0 saturated carbocycles. The molecule has 0 aromatic heterocycles. The number of carbonyl (C=O) groups excluding carboxylic acids is 3. The molecule has 19 heavy (non-hydrogen) atoms. The Morgan fingerprint density at radius 2 is 2.05 bits per heavy atom. The van der Waals surface area contributed by atoms with Crippen molar-refractivity contribution in [3.05, 3.63) is 0 Å². The quantitative estimate of drug-likeness (QED) is 0.637. The average molecular weight is 270 g/mol. The molecule has 0 aromatic carbocycles. The van der Waals surface area contributed by atoms with Crippen molar-refractivity contribution < 1.29 is 14.4 Å². The van der Waals surface area contributed by atoms with Crippen molar-refractivity contribution in [1.82, 2.24) is 15.1 Å². The Morgan fingerprint density at radius 1 is 1.42 bits per heavy atom. The van der Waals surface area contributed by atoms with Crippen LogP contribution >= 0.6 is 0 Å². The lowest BCUT2D eigenvalue weighted by Gasteiger charge is -2.23. The third kappa shape index (κ3) is 4.20. The summed E-state index contributed by atoms with van der Waals surface area (Å²) < 4.78 is 0. The van der Waals surface area contributed by atoms with Crippen molar-refractivity contribution >= 4 is 17.7 Å². The van der Waals surface area contributed by atoms with E-state index in [0.29, 0.717) is 13.0 Å². The molecule has 0 bridgehead atoms. The van der Waals surface area contributed by atoms with Crippen LogP contribution in [0, 0.1) is 0 Å². The molecule has 2 atom stereocenters. The second kappa shape index (κ2) is 6.51. The van der Waals surface area contributed by atoms with Crippen molar-refractivity contribution in [3.8, 4) is 0 Å². The van der Waals surface area contributed by atoms with Gasteiger partial charge in [0.2, 0.25) is 17.7 Å². The van der Waals surface area contributed by atoms with Gasteiger partial charge in [-0.3, -0.25) is 19.3 Å². The van der Waals surface area contributed by atoms with E-state index in [2.05, 4.69) is 5.32 Å². The summed E-state index contributed by atoms with van der Waals surface area (Å²) in [6.07, 6.45) is 1.54. The fourth-order valence-corrected chi connectivity index (χ4v) is 2.26. The van der Waals surface area contributed by atoms with E-state index in [1.165, 1.54) is 4.90 Å². The summed E-state index contributed by atoms with van der Waals surface area (Å²) in [6, 6.07) is -0.942. The highest BCUT2D eigenvalue weighted by Crippen LogP contribution is 2.15. The molecule has 0 aromatic rings. The van der Waals surface area contributed by atoms with E-state index in [-0.39, 0.29) is 24.4 Å². The molecular weight excluding hydrogens is 248 g/mol. The number of likely N-dealkylation sites (tertiary alicyclic amines) is 1. The molecule has 108 valence electrons. The summed E-state index contributed by atoms with van der Waals surface area (Å²) in [6.45, 7) is 2.41. The van der Waals surface area contributed by atoms with Crippen LogP contribution < -0.4 is 11.1 Å². The number of primary amides is 1. The second-order valence-corrected chi connectivity index (χ2v) is 5.05. The SMILES string of the molecule is CC(NC(=O)CN1CCCC1C(N)=O)C(=O)N(C)C. The lowest BCUT2D eigenvalue weighted by molar-refractivity contribution is -0.134. The van der Waals surface area contributed by atoms with Crippen molar-refractivity contribution in [3.63, 3.8) is 0 Å². The first-order chi connectivity index (χ1) is 8.82. The Labute approximate surface area is 113 Å². The average Bonchev–Trinajstić information content (AvgIpc) is 2.75. The summed E-state index contributed by atoms with van der Waals surface area (Å²) in [5, 5.41) is 2.62. The van der Waals surface area contributed by atoms with Gasteiger partial charge in [-0.05, 0) is 26.3 Å². The van der Waals surface area contributed by atoms with Crippen LogP contribution in [-0.2, 0) is 14.4 Å². The molecule has 3 N–H and O–H groups in total. The van der Waals surface area contributed by atoms with Crippen LogP contribution in [0.4, 0.5) is 0 Å². The van der Waals surface area contributed by atoms with Gasteiger partial charge in [0.25, 0.3) is 0 Å². The van der Waals surface area contributed by atoms with E-state index in [0.717, 1.165) is 6.42 Å². The number of amides is 3. The maximum absolute atomic E-state index is 11.8. The number of likely N-dealkylation sites (N-methyl/N-ethyl adjacent to an activating group) is 1. The van der Waals surface area contributed by atoms with E-state index in [1.807, 2.05) is 0 Å². The van der Waals surface area contributed by atoms with E-state index in [9.17, 15) is 14.4 Å². The Kier molecular flexibility index (Phi) is 5.29. The number of carbonyl (C=O) groups is 3. The predicted octanol–water partition coefficient (Wildman–Crippen LogP) is -1.47. The van der Waals surface area contributed by atoms with Crippen LogP contribution in [0.5, 0.6) is 0 Å². The fourth-order valence-electron chi connectivity index (χ4n) is 2.26. The molecule has 0 aliphatic carbocycles. The minimum Gasteiger partial charge on any atom is -0.368 e. The number of nitrogens with zero attached hydrogens (tertiary/aromatic N) is 2. The number of nitrogens with one attached hydrogen (secondary N) is 1. The van der Waals surface area contributed by atoms with Crippen molar-refractivity contribution in [1.29, 1.82) is 0 Å². The number of hydrogen-bond donors (Lipinski definition) is 2. The van der Waals surface area contributed by atoms with Crippen molar-refractivity contribution in [2.45, 2.75) is 31.8 Å². The molecule has 7 nitrogen and oxygen atoms in total. The summed E-state index contributed by atoms with van der Waals surface area (Å²) in [4.78, 5) is 37.8. The fraction of sp³-hybridized carbons (Fsp3) is 0.750. The Hall–Kier alpha value is -1.63. The molecule has 1 fully saturated rings. The standard InChI is InChI=1S/C12H22N4O3/c1-8(12(19)15(2)3)14-10(17)7-16-6-4-5-9(16)11(13)18/h8-9H,4-7H2,1-3H3,(H2,13,18)(H,14,17). The summed E-state index contributed by atoms with van der Waals surface area (Å²) in [5.74, 6) is -0.834. The number of rotatable bonds is 5. The first kappa shape index (κ1) is 15.4. The van der Waals surface area contributed by atoms with Gasteiger partial charge in [0.05, 0.1) is 12.6 Å². The highest BCUT2D eigenvalue weighted by molar-refractivity contribution is 5.88. The van der Waals surface area contributed by atoms with E-state index < -0.39 is 11.9 Å².